The molecular formula is C9H13ClO3. The normalized spacial score (nSPS) is 27.2. The van der Waals surface area contributed by atoms with Crippen molar-refractivity contribution in [2.75, 3.05) is 13.0 Å². The molecule has 74 valence electrons. The van der Waals surface area contributed by atoms with Gasteiger partial charge in [0.25, 0.3) is 0 Å². The van der Waals surface area contributed by atoms with Crippen molar-refractivity contribution in [3.05, 3.63) is 0 Å². The number of alkyl halides is 1. The number of ketones is 1. The zero-order valence-corrected chi connectivity index (χ0v) is 8.34. The smallest absolute Gasteiger partial charge is 0.308 e. The molecule has 2 atom stereocenters. The molecule has 0 bridgehead atoms. The molecule has 13 heavy (non-hydrogen) atoms. The first kappa shape index (κ1) is 10.5. The van der Waals surface area contributed by atoms with Gasteiger partial charge in [0.1, 0.15) is 0 Å². The second-order valence-corrected chi connectivity index (χ2v) is 3.60. The quantitative estimate of drug-likeness (QED) is 0.515. The number of carbonyl (C=O) groups excluding carboxylic acids is 2. The fourth-order valence-corrected chi connectivity index (χ4v) is 1.98. The SMILES string of the molecule is COC(=O)[C@@H]1CC[C@H](C(=O)CCl)C1. The van der Waals surface area contributed by atoms with Crippen LogP contribution < -0.4 is 0 Å². The molecule has 1 fully saturated rings. The van der Waals surface area contributed by atoms with Gasteiger partial charge in [-0.3, -0.25) is 9.59 Å². The molecule has 3 nitrogen and oxygen atoms in total. The number of hydrogen-bond acceptors (Lipinski definition) is 3. The molecule has 1 rings (SSSR count). The van der Waals surface area contributed by atoms with Crippen molar-refractivity contribution in [3.8, 4) is 0 Å². The Balaban J connectivity index is 2.44. The highest BCUT2D eigenvalue weighted by molar-refractivity contribution is 6.27. The average Bonchev–Trinajstić information content (AvgIpc) is 2.64. The van der Waals surface area contributed by atoms with Crippen LogP contribution in [0.2, 0.25) is 0 Å². The maximum Gasteiger partial charge on any atom is 0.308 e. The zero-order chi connectivity index (χ0) is 9.84. The van der Waals surface area contributed by atoms with Gasteiger partial charge in [0.15, 0.2) is 5.78 Å². The predicted molar refractivity (Wildman–Crippen MR) is 48.6 cm³/mol. The Morgan fingerprint density at radius 3 is 2.54 bits per heavy atom. The van der Waals surface area contributed by atoms with Crippen molar-refractivity contribution in [2.45, 2.75) is 19.3 Å². The second kappa shape index (κ2) is 4.61. The van der Waals surface area contributed by atoms with Gasteiger partial charge in [-0.2, -0.15) is 0 Å². The average molecular weight is 205 g/mol. The Labute approximate surface area is 82.4 Å². The van der Waals surface area contributed by atoms with Crippen molar-refractivity contribution < 1.29 is 14.3 Å². The minimum atomic E-state index is -0.204. The van der Waals surface area contributed by atoms with Crippen LogP contribution in [0, 0.1) is 11.8 Å². The van der Waals surface area contributed by atoms with E-state index in [-0.39, 0.29) is 29.5 Å². The van der Waals surface area contributed by atoms with Crippen LogP contribution in [0.25, 0.3) is 0 Å². The van der Waals surface area contributed by atoms with Crippen LogP contribution in [0.4, 0.5) is 0 Å². The van der Waals surface area contributed by atoms with E-state index in [1.807, 2.05) is 0 Å². The second-order valence-electron chi connectivity index (χ2n) is 3.33. The van der Waals surface area contributed by atoms with Crippen LogP contribution in [0.5, 0.6) is 0 Å². The third kappa shape index (κ3) is 2.44. The Kier molecular flexibility index (Phi) is 3.72. The fraction of sp³-hybridized carbons (Fsp3) is 0.778. The van der Waals surface area contributed by atoms with E-state index in [0.29, 0.717) is 6.42 Å². The summed E-state index contributed by atoms with van der Waals surface area (Å²) < 4.78 is 4.61. The molecular weight excluding hydrogens is 192 g/mol. The van der Waals surface area contributed by atoms with Crippen molar-refractivity contribution in [3.63, 3.8) is 0 Å². The van der Waals surface area contributed by atoms with Gasteiger partial charge in [0.2, 0.25) is 0 Å². The standard InChI is InChI=1S/C9H13ClO3/c1-13-9(12)7-3-2-6(4-7)8(11)5-10/h6-7H,2-5H2,1H3/t6-,7+/m0/s1. The van der Waals surface area contributed by atoms with Crippen molar-refractivity contribution in [1.29, 1.82) is 0 Å². The summed E-state index contributed by atoms with van der Waals surface area (Å²) in [7, 11) is 1.37. The van der Waals surface area contributed by atoms with E-state index in [9.17, 15) is 9.59 Å². The van der Waals surface area contributed by atoms with Gasteiger partial charge in [-0.25, -0.2) is 0 Å². The van der Waals surface area contributed by atoms with Crippen LogP contribution in [0.15, 0.2) is 0 Å². The number of esters is 1. The van der Waals surface area contributed by atoms with E-state index >= 15 is 0 Å². The Morgan fingerprint density at radius 1 is 1.38 bits per heavy atom. The molecule has 0 radical (unpaired) electrons. The van der Waals surface area contributed by atoms with Crippen LogP contribution in [-0.2, 0) is 14.3 Å². The van der Waals surface area contributed by atoms with E-state index in [1.54, 1.807) is 0 Å². The lowest BCUT2D eigenvalue weighted by Gasteiger charge is -2.06. The summed E-state index contributed by atoms with van der Waals surface area (Å²) in [5.74, 6) is -0.222. The number of rotatable bonds is 3. The minimum Gasteiger partial charge on any atom is -0.469 e. The molecule has 0 aromatic heterocycles. The molecule has 0 unspecified atom stereocenters. The van der Waals surface area contributed by atoms with Gasteiger partial charge in [-0.1, -0.05) is 0 Å². The fourth-order valence-electron chi connectivity index (χ4n) is 1.76. The lowest BCUT2D eigenvalue weighted by Crippen LogP contribution is -2.16. The lowest BCUT2D eigenvalue weighted by atomic mass is 10.0. The lowest BCUT2D eigenvalue weighted by molar-refractivity contribution is -0.145. The van der Waals surface area contributed by atoms with E-state index < -0.39 is 0 Å². The van der Waals surface area contributed by atoms with Crippen LogP contribution in [0.1, 0.15) is 19.3 Å². The van der Waals surface area contributed by atoms with Crippen molar-refractivity contribution >= 4 is 23.4 Å². The zero-order valence-electron chi connectivity index (χ0n) is 7.59. The van der Waals surface area contributed by atoms with E-state index in [1.165, 1.54) is 7.11 Å². The number of halogens is 1. The summed E-state index contributed by atoms with van der Waals surface area (Å²) in [4.78, 5) is 22.3. The molecule has 4 heteroatoms. The highest BCUT2D eigenvalue weighted by Gasteiger charge is 2.33. The Morgan fingerprint density at radius 2 is 2.00 bits per heavy atom. The largest absolute Gasteiger partial charge is 0.469 e. The monoisotopic (exact) mass is 204 g/mol. The third-order valence-electron chi connectivity index (χ3n) is 2.55. The maximum absolute atomic E-state index is 11.2. The molecule has 1 aliphatic carbocycles. The molecule has 1 saturated carbocycles. The predicted octanol–water partition coefficient (Wildman–Crippen LogP) is 1.38. The van der Waals surface area contributed by atoms with Gasteiger partial charge >= 0.3 is 5.97 Å². The topological polar surface area (TPSA) is 43.4 Å². The Hall–Kier alpha value is -0.570. The summed E-state index contributed by atoms with van der Waals surface area (Å²) >= 11 is 5.43. The molecule has 0 saturated heterocycles. The van der Waals surface area contributed by atoms with E-state index in [0.717, 1.165) is 12.8 Å². The van der Waals surface area contributed by atoms with Crippen LogP contribution >= 0.6 is 11.6 Å². The van der Waals surface area contributed by atoms with Crippen LogP contribution in [0.3, 0.4) is 0 Å². The summed E-state index contributed by atoms with van der Waals surface area (Å²) in [5.41, 5.74) is 0. The molecule has 0 aromatic carbocycles. The Bertz CT molecular complexity index is 193. The molecule has 0 N–H and O–H groups in total. The van der Waals surface area contributed by atoms with E-state index in [4.69, 9.17) is 11.6 Å². The molecule has 0 spiro atoms. The first-order chi connectivity index (χ1) is 6.19. The number of ether oxygens (including phenoxy) is 1. The van der Waals surface area contributed by atoms with Crippen molar-refractivity contribution in [1.82, 2.24) is 0 Å². The summed E-state index contributed by atoms with van der Waals surface area (Å²) in [5, 5.41) is 0. The summed E-state index contributed by atoms with van der Waals surface area (Å²) in [6.07, 6.45) is 2.13. The molecule has 0 amide bonds. The highest BCUT2D eigenvalue weighted by atomic mass is 35.5. The van der Waals surface area contributed by atoms with Gasteiger partial charge < -0.3 is 4.74 Å². The number of Topliss-reactive ketones (excluding diaryl/α,β-unsaturated/α-hetero) is 1. The molecule has 0 aliphatic heterocycles. The first-order valence-corrected chi connectivity index (χ1v) is 4.89. The summed E-state index contributed by atoms with van der Waals surface area (Å²) in [6.45, 7) is 0. The molecule has 1 aliphatic rings. The number of methoxy groups -OCH3 is 1. The van der Waals surface area contributed by atoms with Gasteiger partial charge in [-0.15, -0.1) is 11.6 Å². The minimum absolute atomic E-state index is 0.0263. The molecule has 0 aromatic rings. The number of hydrogen-bond donors (Lipinski definition) is 0. The summed E-state index contributed by atoms with van der Waals surface area (Å²) in [6, 6.07) is 0. The molecule has 0 heterocycles. The number of carbonyl (C=O) groups is 2. The highest BCUT2D eigenvalue weighted by Crippen LogP contribution is 2.32. The first-order valence-electron chi connectivity index (χ1n) is 4.35. The van der Waals surface area contributed by atoms with Gasteiger partial charge in [0.05, 0.1) is 18.9 Å². The van der Waals surface area contributed by atoms with Gasteiger partial charge in [0, 0.05) is 5.92 Å². The maximum atomic E-state index is 11.2. The van der Waals surface area contributed by atoms with E-state index in [2.05, 4.69) is 4.74 Å². The van der Waals surface area contributed by atoms with Crippen LogP contribution in [-0.4, -0.2) is 24.7 Å². The van der Waals surface area contributed by atoms with Gasteiger partial charge in [-0.05, 0) is 19.3 Å². The third-order valence-corrected chi connectivity index (χ3v) is 2.82. The van der Waals surface area contributed by atoms with Crippen molar-refractivity contribution in [2.24, 2.45) is 11.8 Å².